The predicted octanol–water partition coefficient (Wildman–Crippen LogP) is 4.42. The topological polar surface area (TPSA) is 66.5 Å². The number of carbonyl (C=O) groups excluding carboxylic acids is 1. The number of carbonyl (C=O) groups is 1. The molecule has 0 heterocycles. The maximum atomic E-state index is 12.8. The van der Waals surface area contributed by atoms with E-state index in [0.29, 0.717) is 6.07 Å². The van der Waals surface area contributed by atoms with Gasteiger partial charge in [-0.15, -0.1) is 0 Å². The van der Waals surface area contributed by atoms with E-state index in [1.165, 1.54) is 18.2 Å². The molecule has 0 saturated heterocycles. The lowest BCUT2D eigenvalue weighted by Crippen LogP contribution is -2.37. The highest BCUT2D eigenvalue weighted by molar-refractivity contribution is 7.92. The van der Waals surface area contributed by atoms with E-state index in [-0.39, 0.29) is 21.4 Å². The summed E-state index contributed by atoms with van der Waals surface area (Å²) in [6.07, 6.45) is -3.75. The minimum Gasteiger partial charge on any atom is -0.323 e. The third-order valence-corrected chi connectivity index (χ3v) is 5.15. The number of rotatable bonds is 5. The largest absolute Gasteiger partial charge is 0.416 e. The molecule has 146 valence electrons. The van der Waals surface area contributed by atoms with E-state index in [9.17, 15) is 26.4 Å². The van der Waals surface area contributed by atoms with Crippen LogP contribution in [0.4, 0.5) is 24.5 Å². The molecule has 0 aliphatic heterocycles. The number of halogens is 5. The highest BCUT2D eigenvalue weighted by atomic mass is 35.5. The fourth-order valence-electron chi connectivity index (χ4n) is 2.15. The normalized spacial score (nSPS) is 11.9. The first kappa shape index (κ1) is 21.3. The van der Waals surface area contributed by atoms with Crippen LogP contribution in [0.1, 0.15) is 5.56 Å². The van der Waals surface area contributed by atoms with Gasteiger partial charge in [0.2, 0.25) is 15.9 Å². The van der Waals surface area contributed by atoms with E-state index < -0.39 is 34.2 Å². The van der Waals surface area contributed by atoms with Crippen molar-refractivity contribution in [2.45, 2.75) is 6.18 Å². The van der Waals surface area contributed by atoms with Gasteiger partial charge in [0.25, 0.3) is 0 Å². The van der Waals surface area contributed by atoms with E-state index in [1.807, 2.05) is 0 Å². The van der Waals surface area contributed by atoms with Crippen molar-refractivity contribution >= 4 is 50.5 Å². The average molecular weight is 441 g/mol. The lowest BCUT2D eigenvalue weighted by atomic mass is 10.2. The van der Waals surface area contributed by atoms with Crippen LogP contribution in [0.2, 0.25) is 10.0 Å². The molecule has 2 rings (SSSR count). The highest BCUT2D eigenvalue weighted by Gasteiger charge is 2.31. The van der Waals surface area contributed by atoms with Gasteiger partial charge in [-0.3, -0.25) is 9.10 Å². The van der Waals surface area contributed by atoms with Gasteiger partial charge in [0.1, 0.15) is 6.54 Å². The molecule has 0 radical (unpaired) electrons. The van der Waals surface area contributed by atoms with Crippen molar-refractivity contribution < 1.29 is 26.4 Å². The lowest BCUT2D eigenvalue weighted by Gasteiger charge is -2.23. The van der Waals surface area contributed by atoms with Crippen LogP contribution in [0.15, 0.2) is 42.5 Å². The molecular weight excluding hydrogens is 428 g/mol. The molecule has 0 aliphatic rings. The van der Waals surface area contributed by atoms with Crippen molar-refractivity contribution in [3.8, 4) is 0 Å². The summed E-state index contributed by atoms with van der Waals surface area (Å²) in [4.78, 5) is 12.3. The summed E-state index contributed by atoms with van der Waals surface area (Å²) >= 11 is 11.8. The minimum atomic E-state index is -4.62. The van der Waals surface area contributed by atoms with Crippen molar-refractivity contribution in [3.05, 3.63) is 58.1 Å². The molecule has 27 heavy (non-hydrogen) atoms. The van der Waals surface area contributed by atoms with Crippen LogP contribution in [0.5, 0.6) is 0 Å². The molecule has 11 heteroatoms. The third kappa shape index (κ3) is 5.50. The van der Waals surface area contributed by atoms with Crippen molar-refractivity contribution in [2.24, 2.45) is 0 Å². The Balaban J connectivity index is 2.29. The number of benzene rings is 2. The molecule has 0 fully saturated rings. The number of amides is 1. The number of hydrogen-bond donors (Lipinski definition) is 1. The Kier molecular flexibility index (Phi) is 6.28. The van der Waals surface area contributed by atoms with Gasteiger partial charge in [-0.25, -0.2) is 8.42 Å². The quantitative estimate of drug-likeness (QED) is 0.748. The fourth-order valence-corrected chi connectivity index (χ4v) is 3.47. The molecule has 5 nitrogen and oxygen atoms in total. The number of nitrogens with zero attached hydrogens (tertiary/aromatic N) is 1. The van der Waals surface area contributed by atoms with Crippen LogP contribution in [0, 0.1) is 0 Å². The number of anilines is 2. The van der Waals surface area contributed by atoms with Gasteiger partial charge in [0, 0.05) is 0 Å². The predicted molar refractivity (Wildman–Crippen MR) is 98.7 cm³/mol. The zero-order chi connectivity index (χ0) is 20.4. The van der Waals surface area contributed by atoms with Crippen molar-refractivity contribution in [2.75, 3.05) is 22.4 Å². The molecule has 1 amide bonds. The molecule has 0 aromatic heterocycles. The van der Waals surface area contributed by atoms with Gasteiger partial charge >= 0.3 is 6.18 Å². The van der Waals surface area contributed by atoms with Crippen LogP contribution < -0.4 is 9.62 Å². The van der Waals surface area contributed by atoms with E-state index in [4.69, 9.17) is 23.2 Å². The second-order valence-electron chi connectivity index (χ2n) is 5.46. The van der Waals surface area contributed by atoms with Crippen LogP contribution in [0.3, 0.4) is 0 Å². The first-order chi connectivity index (χ1) is 12.4. The summed E-state index contributed by atoms with van der Waals surface area (Å²) in [5.74, 6) is -0.887. The zero-order valence-corrected chi connectivity index (χ0v) is 16.0. The fraction of sp³-hybridized carbons (Fsp3) is 0.188. The number of alkyl halides is 3. The molecule has 2 aromatic rings. The Morgan fingerprint density at radius 2 is 1.74 bits per heavy atom. The lowest BCUT2D eigenvalue weighted by molar-refractivity contribution is -0.137. The summed E-state index contributed by atoms with van der Waals surface area (Å²) < 4.78 is 63.2. The van der Waals surface area contributed by atoms with Gasteiger partial charge in [0.05, 0.1) is 33.2 Å². The monoisotopic (exact) mass is 440 g/mol. The Morgan fingerprint density at radius 3 is 2.30 bits per heavy atom. The van der Waals surface area contributed by atoms with Crippen LogP contribution >= 0.6 is 23.2 Å². The summed E-state index contributed by atoms with van der Waals surface area (Å²) in [6, 6.07) is 8.37. The standard InChI is InChI=1S/C16H13Cl2F3N2O3S/c1-27(25,26)23(14-5-3-2-4-12(14)18)9-15(24)22-13-8-10(16(19,20)21)6-7-11(13)17/h2-8H,9H2,1H3,(H,22,24). The highest BCUT2D eigenvalue weighted by Crippen LogP contribution is 2.34. The number of hydrogen-bond acceptors (Lipinski definition) is 3. The molecule has 0 spiro atoms. The smallest absolute Gasteiger partial charge is 0.323 e. The first-order valence-electron chi connectivity index (χ1n) is 7.28. The number of para-hydroxylation sites is 1. The zero-order valence-electron chi connectivity index (χ0n) is 13.7. The molecule has 0 atom stereocenters. The van der Waals surface area contributed by atoms with E-state index in [1.54, 1.807) is 6.07 Å². The van der Waals surface area contributed by atoms with Crippen molar-refractivity contribution in [1.82, 2.24) is 0 Å². The number of sulfonamides is 1. The first-order valence-corrected chi connectivity index (χ1v) is 9.89. The van der Waals surface area contributed by atoms with Crippen LogP contribution in [0.25, 0.3) is 0 Å². The second-order valence-corrected chi connectivity index (χ2v) is 8.18. The minimum absolute atomic E-state index is 0.0620. The molecular formula is C16H13Cl2F3N2O3S. The molecule has 1 N–H and O–H groups in total. The Morgan fingerprint density at radius 1 is 1.11 bits per heavy atom. The summed E-state index contributed by atoms with van der Waals surface area (Å²) in [6.45, 7) is -0.699. The maximum absolute atomic E-state index is 12.8. The molecule has 0 aliphatic carbocycles. The Bertz CT molecular complexity index is 966. The summed E-state index contributed by atoms with van der Waals surface area (Å²) in [5.41, 5.74) is -1.23. The van der Waals surface area contributed by atoms with Gasteiger partial charge in [-0.2, -0.15) is 13.2 Å². The third-order valence-electron chi connectivity index (χ3n) is 3.38. The van der Waals surface area contributed by atoms with Crippen molar-refractivity contribution in [1.29, 1.82) is 0 Å². The van der Waals surface area contributed by atoms with E-state index >= 15 is 0 Å². The van der Waals surface area contributed by atoms with Gasteiger partial charge in [-0.05, 0) is 30.3 Å². The Hall–Kier alpha value is -1.97. The summed E-state index contributed by atoms with van der Waals surface area (Å²) in [7, 11) is -3.89. The van der Waals surface area contributed by atoms with Gasteiger partial charge in [-0.1, -0.05) is 35.3 Å². The van der Waals surface area contributed by atoms with Crippen LogP contribution in [-0.2, 0) is 21.0 Å². The second kappa shape index (κ2) is 7.95. The van der Waals surface area contributed by atoms with Gasteiger partial charge < -0.3 is 5.32 Å². The molecule has 0 saturated carbocycles. The van der Waals surface area contributed by atoms with Crippen LogP contribution in [-0.4, -0.2) is 27.1 Å². The molecule has 0 unspecified atom stereocenters. The SMILES string of the molecule is CS(=O)(=O)N(CC(=O)Nc1cc(C(F)(F)F)ccc1Cl)c1ccccc1Cl. The summed E-state index contributed by atoms with van der Waals surface area (Å²) in [5, 5.41) is 2.16. The average Bonchev–Trinajstić information content (AvgIpc) is 2.53. The number of nitrogens with one attached hydrogen (secondary N) is 1. The van der Waals surface area contributed by atoms with Crippen molar-refractivity contribution in [3.63, 3.8) is 0 Å². The van der Waals surface area contributed by atoms with E-state index in [2.05, 4.69) is 5.32 Å². The molecule has 2 aromatic carbocycles. The van der Waals surface area contributed by atoms with Gasteiger partial charge in [0.15, 0.2) is 0 Å². The van der Waals surface area contributed by atoms with E-state index in [0.717, 1.165) is 22.7 Å². The maximum Gasteiger partial charge on any atom is 0.416 e. The molecule has 0 bridgehead atoms. The Labute approximate surface area is 163 Å².